The maximum absolute atomic E-state index is 12.4. The van der Waals surface area contributed by atoms with Crippen LogP contribution >= 0.6 is 0 Å². The zero-order valence-corrected chi connectivity index (χ0v) is 16.3. The molecule has 0 atom stereocenters. The van der Waals surface area contributed by atoms with E-state index in [2.05, 4.69) is 4.72 Å². The van der Waals surface area contributed by atoms with Gasteiger partial charge in [-0.2, -0.15) is 9.98 Å². The van der Waals surface area contributed by atoms with Gasteiger partial charge in [0.2, 0.25) is 10.0 Å². The number of sulfonamides is 1. The predicted octanol–water partition coefficient (Wildman–Crippen LogP) is 1.36. The minimum atomic E-state index is -3.93. The largest absolute Gasteiger partial charge is 0.455 e. The van der Waals surface area contributed by atoms with Gasteiger partial charge in [0.05, 0.1) is 16.5 Å². The van der Waals surface area contributed by atoms with E-state index in [0.29, 0.717) is 12.1 Å². The lowest BCUT2D eigenvalue weighted by atomic mass is 10.0. The second-order valence-corrected chi connectivity index (χ2v) is 8.17. The van der Waals surface area contributed by atoms with Gasteiger partial charge >= 0.3 is 5.97 Å². The molecule has 9 heteroatoms. The van der Waals surface area contributed by atoms with Crippen LogP contribution < -0.4 is 9.62 Å². The van der Waals surface area contributed by atoms with Gasteiger partial charge in [0.15, 0.2) is 6.61 Å². The maximum Gasteiger partial charge on any atom is 0.321 e. The first-order chi connectivity index (χ1) is 13.9. The number of amides is 1. The summed E-state index contributed by atoms with van der Waals surface area (Å²) in [5, 5.41) is 8.75. The molecule has 1 heterocycles. The standard InChI is InChI=1S/C20H19N3O5S/c21-12-15-7-9-17(10-8-15)29(26,27)22-13-20(25)28-14-19(24)23-11-3-5-16-4-1-2-6-18(16)23/h1-2,4,6-10,22H,3,5,11,13-14H2. The van der Waals surface area contributed by atoms with Crippen LogP contribution in [0.1, 0.15) is 17.5 Å². The van der Waals surface area contributed by atoms with Gasteiger partial charge in [-0.1, -0.05) is 18.2 Å². The number of aryl methyl sites for hydroxylation is 1. The molecule has 2 aromatic rings. The molecular weight excluding hydrogens is 394 g/mol. The molecule has 0 aliphatic carbocycles. The molecule has 0 fully saturated rings. The van der Waals surface area contributed by atoms with Gasteiger partial charge in [-0.3, -0.25) is 9.59 Å². The molecule has 0 saturated heterocycles. The summed E-state index contributed by atoms with van der Waals surface area (Å²) in [4.78, 5) is 25.8. The van der Waals surface area contributed by atoms with E-state index in [1.54, 1.807) is 4.90 Å². The number of hydrogen-bond donors (Lipinski definition) is 1. The fourth-order valence-corrected chi connectivity index (χ4v) is 3.98. The molecule has 1 N–H and O–H groups in total. The molecule has 1 amide bonds. The summed E-state index contributed by atoms with van der Waals surface area (Å²) in [5.74, 6) is -1.22. The zero-order chi connectivity index (χ0) is 20.9. The molecule has 1 aliphatic rings. The highest BCUT2D eigenvalue weighted by Gasteiger charge is 2.23. The summed E-state index contributed by atoms with van der Waals surface area (Å²) in [7, 11) is -3.93. The van der Waals surface area contributed by atoms with Crippen LogP contribution in [-0.2, 0) is 30.8 Å². The van der Waals surface area contributed by atoms with E-state index in [-0.39, 0.29) is 10.8 Å². The quantitative estimate of drug-likeness (QED) is 0.715. The van der Waals surface area contributed by atoms with Crippen molar-refractivity contribution in [1.82, 2.24) is 4.72 Å². The Bertz CT molecular complexity index is 1060. The summed E-state index contributed by atoms with van der Waals surface area (Å²) in [6.45, 7) is -0.531. The van der Waals surface area contributed by atoms with E-state index in [1.807, 2.05) is 30.3 Å². The van der Waals surface area contributed by atoms with Gasteiger partial charge in [-0.05, 0) is 48.7 Å². The molecule has 0 saturated carbocycles. The summed E-state index contributed by atoms with van der Waals surface area (Å²) < 4.78 is 31.4. The Morgan fingerprint density at radius 1 is 1.14 bits per heavy atom. The van der Waals surface area contributed by atoms with E-state index >= 15 is 0 Å². The minimum absolute atomic E-state index is 0.0784. The Labute approximate surface area is 168 Å². The average molecular weight is 413 g/mol. The highest BCUT2D eigenvalue weighted by Crippen LogP contribution is 2.26. The van der Waals surface area contributed by atoms with Crippen molar-refractivity contribution in [1.29, 1.82) is 5.26 Å². The number of nitrogens with one attached hydrogen (secondary N) is 1. The number of para-hydroxylation sites is 1. The Morgan fingerprint density at radius 3 is 2.59 bits per heavy atom. The van der Waals surface area contributed by atoms with E-state index < -0.39 is 29.1 Å². The molecule has 1 aliphatic heterocycles. The first-order valence-corrected chi connectivity index (χ1v) is 10.4. The topological polar surface area (TPSA) is 117 Å². The van der Waals surface area contributed by atoms with Crippen molar-refractivity contribution < 1.29 is 22.7 Å². The molecule has 0 aromatic heterocycles. The van der Waals surface area contributed by atoms with Crippen molar-refractivity contribution in [3.05, 3.63) is 59.7 Å². The third kappa shape index (κ3) is 4.99. The van der Waals surface area contributed by atoms with E-state index in [9.17, 15) is 18.0 Å². The van der Waals surface area contributed by atoms with Gasteiger partial charge < -0.3 is 9.64 Å². The first kappa shape index (κ1) is 20.5. The van der Waals surface area contributed by atoms with Crippen molar-refractivity contribution >= 4 is 27.6 Å². The van der Waals surface area contributed by atoms with Crippen LogP contribution in [0.3, 0.4) is 0 Å². The lowest BCUT2D eigenvalue weighted by Gasteiger charge is -2.29. The van der Waals surface area contributed by atoms with E-state index in [4.69, 9.17) is 10.00 Å². The zero-order valence-electron chi connectivity index (χ0n) is 15.5. The van der Waals surface area contributed by atoms with Crippen LogP contribution in [0, 0.1) is 11.3 Å². The highest BCUT2D eigenvalue weighted by atomic mass is 32.2. The van der Waals surface area contributed by atoms with E-state index in [0.717, 1.165) is 24.1 Å². The number of ether oxygens (including phenoxy) is 1. The molecule has 0 unspecified atom stereocenters. The monoisotopic (exact) mass is 413 g/mol. The van der Waals surface area contributed by atoms with Crippen LogP contribution in [0.25, 0.3) is 0 Å². The van der Waals surface area contributed by atoms with Crippen molar-refractivity contribution in [2.24, 2.45) is 0 Å². The van der Waals surface area contributed by atoms with Gasteiger partial charge in [-0.25, -0.2) is 8.42 Å². The first-order valence-electron chi connectivity index (χ1n) is 8.94. The summed E-state index contributed by atoms with van der Waals surface area (Å²) in [6, 6.07) is 14.7. The smallest absolute Gasteiger partial charge is 0.321 e. The van der Waals surface area contributed by atoms with Crippen LogP contribution in [0.5, 0.6) is 0 Å². The van der Waals surface area contributed by atoms with Crippen molar-refractivity contribution in [3.8, 4) is 6.07 Å². The van der Waals surface area contributed by atoms with Gasteiger partial charge in [0, 0.05) is 12.2 Å². The molecular formula is C20H19N3O5S. The number of rotatable bonds is 6. The number of benzene rings is 2. The SMILES string of the molecule is N#Cc1ccc(S(=O)(=O)NCC(=O)OCC(=O)N2CCCc3ccccc32)cc1. The number of carbonyl (C=O) groups excluding carboxylic acids is 2. The van der Waals surface area contributed by atoms with Crippen molar-refractivity contribution in [2.45, 2.75) is 17.7 Å². The fourth-order valence-electron chi connectivity index (χ4n) is 3.01. The second kappa shape index (κ2) is 8.86. The number of carbonyl (C=O) groups is 2. The highest BCUT2D eigenvalue weighted by molar-refractivity contribution is 7.89. The van der Waals surface area contributed by atoms with Crippen molar-refractivity contribution in [2.75, 3.05) is 24.6 Å². The van der Waals surface area contributed by atoms with Crippen LogP contribution in [-0.4, -0.2) is 40.0 Å². The second-order valence-electron chi connectivity index (χ2n) is 6.40. The van der Waals surface area contributed by atoms with Crippen LogP contribution in [0.15, 0.2) is 53.4 Å². The third-order valence-electron chi connectivity index (χ3n) is 4.47. The molecule has 2 aromatic carbocycles. The summed E-state index contributed by atoms with van der Waals surface area (Å²) in [6.07, 6.45) is 1.71. The summed E-state index contributed by atoms with van der Waals surface area (Å²) in [5.41, 5.74) is 2.19. The maximum atomic E-state index is 12.4. The third-order valence-corrected chi connectivity index (χ3v) is 5.89. The molecule has 150 valence electrons. The average Bonchev–Trinajstić information content (AvgIpc) is 2.75. The Kier molecular flexibility index (Phi) is 6.26. The molecule has 29 heavy (non-hydrogen) atoms. The lowest BCUT2D eigenvalue weighted by molar-refractivity contribution is -0.146. The lowest BCUT2D eigenvalue weighted by Crippen LogP contribution is -2.39. The Hall–Kier alpha value is -3.22. The molecule has 0 radical (unpaired) electrons. The van der Waals surface area contributed by atoms with Gasteiger partial charge in [-0.15, -0.1) is 0 Å². The molecule has 3 rings (SSSR count). The number of fused-ring (bicyclic) bond motifs is 1. The number of nitrogens with zero attached hydrogens (tertiary/aromatic N) is 2. The van der Waals surface area contributed by atoms with E-state index in [1.165, 1.54) is 24.3 Å². The molecule has 0 bridgehead atoms. The normalized spacial score (nSPS) is 13.3. The predicted molar refractivity (Wildman–Crippen MR) is 104 cm³/mol. The van der Waals surface area contributed by atoms with Gasteiger partial charge in [0.1, 0.15) is 6.54 Å². The molecule has 8 nitrogen and oxygen atoms in total. The minimum Gasteiger partial charge on any atom is -0.455 e. The molecule has 0 spiro atoms. The number of nitriles is 1. The number of esters is 1. The van der Waals surface area contributed by atoms with Crippen molar-refractivity contribution in [3.63, 3.8) is 0 Å². The summed E-state index contributed by atoms with van der Waals surface area (Å²) >= 11 is 0. The van der Waals surface area contributed by atoms with Crippen LogP contribution in [0.2, 0.25) is 0 Å². The Balaban J connectivity index is 1.52. The van der Waals surface area contributed by atoms with Gasteiger partial charge in [0.25, 0.3) is 5.91 Å². The number of hydrogen-bond acceptors (Lipinski definition) is 6. The Morgan fingerprint density at radius 2 is 1.86 bits per heavy atom. The number of anilines is 1. The van der Waals surface area contributed by atoms with Crippen LogP contribution in [0.4, 0.5) is 5.69 Å². The fraction of sp³-hybridized carbons (Fsp3) is 0.250.